The predicted octanol–water partition coefficient (Wildman–Crippen LogP) is 2.42. The van der Waals surface area contributed by atoms with Gasteiger partial charge in [-0.15, -0.1) is 4.40 Å². The van der Waals surface area contributed by atoms with Crippen LogP contribution in [0.2, 0.25) is 0 Å². The van der Waals surface area contributed by atoms with Crippen molar-refractivity contribution in [3.05, 3.63) is 24.3 Å². The molecule has 0 bridgehead atoms. The quantitative estimate of drug-likeness (QED) is 0.597. The maximum absolute atomic E-state index is 12.3. The van der Waals surface area contributed by atoms with Gasteiger partial charge in [0.2, 0.25) is 0 Å². The molecule has 2 aromatic rings. The predicted molar refractivity (Wildman–Crippen MR) is 93.0 cm³/mol. The Labute approximate surface area is 145 Å². The third-order valence-corrected chi connectivity index (χ3v) is 5.99. The fourth-order valence-electron chi connectivity index (χ4n) is 2.38. The van der Waals surface area contributed by atoms with Crippen LogP contribution >= 0.6 is 11.5 Å². The van der Waals surface area contributed by atoms with Crippen molar-refractivity contribution in [3.63, 3.8) is 0 Å². The van der Waals surface area contributed by atoms with Gasteiger partial charge >= 0.3 is 10.0 Å². The molecule has 0 N–H and O–H groups in total. The van der Waals surface area contributed by atoms with E-state index in [0.29, 0.717) is 11.6 Å². The maximum atomic E-state index is 12.3. The van der Waals surface area contributed by atoms with Crippen molar-refractivity contribution in [2.45, 2.75) is 23.6 Å². The lowest BCUT2D eigenvalue weighted by molar-refractivity contribution is 0.351. The molecule has 1 aliphatic heterocycles. The Bertz CT molecular complexity index is 809. The number of hydrogen-bond donors (Lipinski definition) is 0. The lowest BCUT2D eigenvalue weighted by atomic mass is 10.1. The number of aromatic nitrogens is 2. The van der Waals surface area contributed by atoms with Gasteiger partial charge in [0, 0.05) is 30.2 Å². The second-order valence-corrected chi connectivity index (χ2v) is 7.96. The molecule has 7 nitrogen and oxygen atoms in total. The molecular formula is C15H18N4O3S2. The van der Waals surface area contributed by atoms with E-state index >= 15 is 0 Å². The summed E-state index contributed by atoms with van der Waals surface area (Å²) < 4.78 is 37.4. The van der Waals surface area contributed by atoms with Gasteiger partial charge < -0.3 is 9.64 Å². The van der Waals surface area contributed by atoms with Crippen molar-refractivity contribution in [2.24, 2.45) is 4.40 Å². The molecule has 0 radical (unpaired) electrons. The van der Waals surface area contributed by atoms with Gasteiger partial charge in [-0.05, 0) is 43.5 Å². The smallest absolute Gasteiger partial charge is 0.312 e. The van der Waals surface area contributed by atoms with E-state index in [1.165, 1.54) is 12.8 Å². The molecule has 1 aromatic carbocycles. The van der Waals surface area contributed by atoms with Gasteiger partial charge in [0.15, 0.2) is 5.82 Å². The van der Waals surface area contributed by atoms with Crippen molar-refractivity contribution in [3.8, 4) is 17.1 Å². The van der Waals surface area contributed by atoms with E-state index in [9.17, 15) is 8.42 Å². The summed E-state index contributed by atoms with van der Waals surface area (Å²) in [5.41, 5.74) is 0.730. The summed E-state index contributed by atoms with van der Waals surface area (Å²) in [5.74, 6) is 1.09. The highest BCUT2D eigenvalue weighted by atomic mass is 32.2. The molecule has 1 fully saturated rings. The van der Waals surface area contributed by atoms with E-state index in [1.54, 1.807) is 31.4 Å². The number of ether oxygens (including phenoxy) is 1. The number of methoxy groups -OCH3 is 1. The van der Waals surface area contributed by atoms with Crippen molar-refractivity contribution >= 4 is 27.9 Å². The Kier molecular flexibility index (Phi) is 5.10. The standard InChI is InChI=1S/C15H18N4O3S2/c1-22-13-7-5-12(6-8-13)14-17-15(23-18-14)24(20,21)16-11-19-9-3-2-4-10-19/h5-8,11H,2-4,9-10H2,1H3. The lowest BCUT2D eigenvalue weighted by Crippen LogP contribution is -2.28. The molecule has 1 saturated heterocycles. The van der Waals surface area contributed by atoms with Gasteiger partial charge in [0.1, 0.15) is 12.1 Å². The molecule has 0 unspecified atom stereocenters. The average Bonchev–Trinajstić information content (AvgIpc) is 3.12. The Morgan fingerprint density at radius 2 is 1.92 bits per heavy atom. The molecule has 0 atom stereocenters. The van der Waals surface area contributed by atoms with E-state index < -0.39 is 10.0 Å². The minimum atomic E-state index is -3.81. The van der Waals surface area contributed by atoms with Gasteiger partial charge in [-0.1, -0.05) is 0 Å². The van der Waals surface area contributed by atoms with Crippen LogP contribution in [0.4, 0.5) is 0 Å². The van der Waals surface area contributed by atoms with E-state index in [4.69, 9.17) is 4.74 Å². The summed E-state index contributed by atoms with van der Waals surface area (Å²) in [4.78, 5) is 6.04. The molecule has 0 spiro atoms. The summed E-state index contributed by atoms with van der Waals surface area (Å²) in [6.45, 7) is 1.68. The van der Waals surface area contributed by atoms with Crippen LogP contribution < -0.4 is 4.74 Å². The van der Waals surface area contributed by atoms with Gasteiger partial charge in [-0.2, -0.15) is 12.8 Å². The average molecular weight is 366 g/mol. The van der Waals surface area contributed by atoms with E-state index in [1.807, 2.05) is 4.90 Å². The summed E-state index contributed by atoms with van der Waals surface area (Å²) in [6.07, 6.45) is 4.71. The van der Waals surface area contributed by atoms with Crippen molar-refractivity contribution in [1.82, 2.24) is 14.3 Å². The molecule has 0 saturated carbocycles. The minimum absolute atomic E-state index is 0.0958. The molecule has 0 aliphatic carbocycles. The van der Waals surface area contributed by atoms with Crippen molar-refractivity contribution in [2.75, 3.05) is 20.2 Å². The Balaban J connectivity index is 1.76. The van der Waals surface area contributed by atoms with Crippen LogP contribution in [0.5, 0.6) is 5.75 Å². The molecule has 128 valence electrons. The highest BCUT2D eigenvalue weighted by Gasteiger charge is 2.20. The SMILES string of the molecule is COc1ccc(-c2nsc(S(=O)(=O)N=CN3CCCCC3)n2)cc1. The van der Waals surface area contributed by atoms with Crippen LogP contribution in [0.15, 0.2) is 33.0 Å². The number of piperidine rings is 1. The number of nitrogens with zero attached hydrogens (tertiary/aromatic N) is 4. The lowest BCUT2D eigenvalue weighted by Gasteiger charge is -2.23. The fourth-order valence-corrected chi connectivity index (χ4v) is 3.98. The Morgan fingerprint density at radius 3 is 2.58 bits per heavy atom. The van der Waals surface area contributed by atoms with Gasteiger partial charge in [0.25, 0.3) is 4.34 Å². The molecule has 3 rings (SSSR count). The largest absolute Gasteiger partial charge is 0.497 e. The Morgan fingerprint density at radius 1 is 1.21 bits per heavy atom. The second-order valence-electron chi connectivity index (χ2n) is 5.40. The number of sulfonamides is 1. The van der Waals surface area contributed by atoms with Gasteiger partial charge in [-0.25, -0.2) is 4.98 Å². The molecule has 1 aromatic heterocycles. The zero-order valence-electron chi connectivity index (χ0n) is 13.3. The van der Waals surface area contributed by atoms with Crippen LogP contribution in [0.1, 0.15) is 19.3 Å². The van der Waals surface area contributed by atoms with Crippen molar-refractivity contribution in [1.29, 1.82) is 0 Å². The minimum Gasteiger partial charge on any atom is -0.497 e. The molecule has 1 aliphatic rings. The molecular weight excluding hydrogens is 348 g/mol. The number of rotatable bonds is 5. The molecule has 24 heavy (non-hydrogen) atoms. The van der Waals surface area contributed by atoms with Crippen LogP contribution in [-0.4, -0.2) is 49.2 Å². The molecule has 2 heterocycles. The van der Waals surface area contributed by atoms with E-state index in [2.05, 4.69) is 13.8 Å². The highest BCUT2D eigenvalue weighted by molar-refractivity contribution is 7.92. The summed E-state index contributed by atoms with van der Waals surface area (Å²) >= 11 is 0.835. The fraction of sp³-hybridized carbons (Fsp3) is 0.400. The monoisotopic (exact) mass is 366 g/mol. The first-order chi connectivity index (χ1) is 11.6. The maximum Gasteiger partial charge on any atom is 0.312 e. The third kappa shape index (κ3) is 3.90. The topological polar surface area (TPSA) is 84.8 Å². The third-order valence-electron chi connectivity index (χ3n) is 3.72. The van der Waals surface area contributed by atoms with Crippen LogP contribution in [-0.2, 0) is 10.0 Å². The van der Waals surface area contributed by atoms with Crippen molar-refractivity contribution < 1.29 is 13.2 Å². The number of hydrogen-bond acceptors (Lipinski definition) is 6. The summed E-state index contributed by atoms with van der Waals surface area (Å²) in [7, 11) is -2.23. The summed E-state index contributed by atoms with van der Waals surface area (Å²) in [6, 6.07) is 7.13. The van der Waals surface area contributed by atoms with Gasteiger partial charge in [0.05, 0.1) is 7.11 Å². The first-order valence-electron chi connectivity index (χ1n) is 7.61. The van der Waals surface area contributed by atoms with E-state index in [0.717, 1.165) is 43.0 Å². The second kappa shape index (κ2) is 7.27. The molecule has 0 amide bonds. The first-order valence-corrected chi connectivity index (χ1v) is 9.82. The highest BCUT2D eigenvalue weighted by Crippen LogP contribution is 2.24. The Hall–Kier alpha value is -2.00. The normalized spacial score (nSPS) is 15.8. The zero-order valence-corrected chi connectivity index (χ0v) is 14.9. The molecule has 9 heteroatoms. The van der Waals surface area contributed by atoms with Gasteiger partial charge in [-0.3, -0.25) is 0 Å². The van der Waals surface area contributed by atoms with Crippen LogP contribution in [0.3, 0.4) is 0 Å². The number of likely N-dealkylation sites (tertiary alicyclic amines) is 1. The van der Waals surface area contributed by atoms with Crippen LogP contribution in [0.25, 0.3) is 11.4 Å². The number of benzene rings is 1. The summed E-state index contributed by atoms with van der Waals surface area (Å²) in [5, 5.41) is 0. The first kappa shape index (κ1) is 16.8. The van der Waals surface area contributed by atoms with Crippen LogP contribution in [0, 0.1) is 0 Å². The zero-order chi connectivity index (χ0) is 17.0. The van der Waals surface area contributed by atoms with E-state index in [-0.39, 0.29) is 4.34 Å².